The number of carbonyl (C=O) groups is 2. The fourth-order valence-corrected chi connectivity index (χ4v) is 5.82. The number of pyridine rings is 1. The summed E-state index contributed by atoms with van der Waals surface area (Å²) in [5.74, 6) is 0.332. The minimum absolute atomic E-state index is 0.0823. The van der Waals surface area contributed by atoms with E-state index in [0.29, 0.717) is 40.8 Å². The number of amides is 2. The largest absolute Gasteiger partial charge is 0.524 e. The summed E-state index contributed by atoms with van der Waals surface area (Å²) in [6.45, 7) is 11.5. The van der Waals surface area contributed by atoms with E-state index in [1.165, 1.54) is 29.2 Å². The molecule has 240 valence electrons. The molecule has 2 amide bonds. The number of unbranched alkanes of at least 4 members (excludes halogenated alkanes) is 1. The molecule has 0 saturated carbocycles. The first-order chi connectivity index (χ1) is 21.0. The Morgan fingerprint density at radius 3 is 2.47 bits per heavy atom. The van der Waals surface area contributed by atoms with E-state index in [9.17, 15) is 29.0 Å². The Hall–Kier alpha value is -4.25. The summed E-state index contributed by atoms with van der Waals surface area (Å²) in [6, 6.07) is 9.71. The van der Waals surface area contributed by atoms with Crippen LogP contribution in [0.15, 0.2) is 48.6 Å². The van der Waals surface area contributed by atoms with Crippen molar-refractivity contribution in [1.29, 1.82) is 0 Å². The number of carbonyl (C=O) groups excluding carboxylic acids is 2. The van der Waals surface area contributed by atoms with Gasteiger partial charge in [0.05, 0.1) is 23.1 Å². The van der Waals surface area contributed by atoms with Gasteiger partial charge < -0.3 is 19.9 Å². The van der Waals surface area contributed by atoms with Gasteiger partial charge in [-0.15, -0.1) is 0 Å². The van der Waals surface area contributed by atoms with Crippen LogP contribution in [0.1, 0.15) is 71.3 Å². The van der Waals surface area contributed by atoms with Crippen LogP contribution in [0.3, 0.4) is 0 Å². The Labute approximate surface area is 261 Å². The number of allylic oxidation sites excluding steroid dienone is 1. The van der Waals surface area contributed by atoms with Gasteiger partial charge in [0.2, 0.25) is 6.41 Å². The summed E-state index contributed by atoms with van der Waals surface area (Å²) in [4.78, 5) is 54.2. The number of fused-ring (bicyclic) bond motifs is 3. The average Bonchev–Trinajstić information content (AvgIpc) is 3.31. The topological polar surface area (TPSA) is 181 Å². The molecule has 0 aliphatic carbocycles. The molecule has 12 nitrogen and oxygen atoms in total. The predicted octanol–water partition coefficient (Wildman–Crippen LogP) is 5.35. The van der Waals surface area contributed by atoms with Crippen molar-refractivity contribution in [3.8, 4) is 11.5 Å². The van der Waals surface area contributed by atoms with Crippen LogP contribution in [0.5, 0.6) is 11.5 Å². The fraction of sp³-hybridized carbons (Fsp3) is 0.375. The number of benzene rings is 2. The monoisotopic (exact) mass is 637 g/mol. The summed E-state index contributed by atoms with van der Waals surface area (Å²) in [5, 5.41) is 11.4. The van der Waals surface area contributed by atoms with Crippen molar-refractivity contribution in [1.82, 2.24) is 19.4 Å². The average molecular weight is 638 g/mol. The number of imide groups is 1. The molecule has 0 bridgehead atoms. The second-order valence-electron chi connectivity index (χ2n) is 12.0. The quantitative estimate of drug-likeness (QED) is 0.0898. The summed E-state index contributed by atoms with van der Waals surface area (Å²) in [6.07, 6.45) is 5.87. The number of rotatable bonds is 12. The van der Waals surface area contributed by atoms with Crippen LogP contribution in [0, 0.1) is 0 Å². The van der Waals surface area contributed by atoms with Gasteiger partial charge in [0.25, 0.3) is 5.91 Å². The molecule has 2 aromatic carbocycles. The lowest BCUT2D eigenvalue weighted by Gasteiger charge is -2.46. The van der Waals surface area contributed by atoms with Crippen LogP contribution in [0.4, 0.5) is 5.82 Å². The first-order valence-corrected chi connectivity index (χ1v) is 16.2. The molecule has 5 N–H and O–H groups in total. The van der Waals surface area contributed by atoms with Crippen molar-refractivity contribution >= 4 is 47.9 Å². The molecule has 0 atom stereocenters. The van der Waals surface area contributed by atoms with Gasteiger partial charge >= 0.3 is 7.82 Å². The maximum Gasteiger partial charge on any atom is 0.524 e. The first-order valence-electron chi connectivity index (χ1n) is 14.6. The molecule has 0 saturated heterocycles. The zero-order chi connectivity index (χ0) is 33.3. The highest BCUT2D eigenvalue weighted by molar-refractivity contribution is 7.46. The molecule has 2 heterocycles. The van der Waals surface area contributed by atoms with E-state index in [-0.39, 0.29) is 23.9 Å². The van der Waals surface area contributed by atoms with Crippen molar-refractivity contribution in [3.63, 3.8) is 0 Å². The Kier molecular flexibility index (Phi) is 9.44. The Balaban J connectivity index is 1.91. The number of nitrogen functional groups attached to an aromatic ring is 1. The number of phosphoric acid groups is 1. The number of hydrogen-bond acceptors (Lipinski definition) is 8. The van der Waals surface area contributed by atoms with Gasteiger partial charge in [-0.05, 0) is 63.1 Å². The van der Waals surface area contributed by atoms with Gasteiger partial charge in [-0.3, -0.25) is 24.3 Å². The van der Waals surface area contributed by atoms with Gasteiger partial charge in [0.15, 0.2) is 5.82 Å². The molecule has 0 fully saturated rings. The second-order valence-corrected chi connectivity index (χ2v) is 13.2. The standard InChI is InChI=1S/C32H40N5O7P/c1-7-9-11-26-35-28-29(36(26)18-20-16-22(13-15-25(20)39)44-45(41,42)43)23-14-12-21(17-24(23)34-30(28)33)31(3,4)32(5,6)37(19-38)27(40)10-8-2/h8,10,12-17,19,39H,7,9,11,18H2,1-6H3,(H2,33,34)(H2,41,42,43)/b10-8-. The third kappa shape index (κ3) is 6.58. The lowest BCUT2D eigenvalue weighted by Crippen LogP contribution is -2.57. The van der Waals surface area contributed by atoms with Crippen molar-refractivity contribution in [2.24, 2.45) is 0 Å². The first kappa shape index (κ1) is 33.6. The minimum atomic E-state index is -4.81. The number of nitrogens with two attached hydrogens (primary N) is 1. The Morgan fingerprint density at radius 2 is 1.84 bits per heavy atom. The van der Waals surface area contributed by atoms with Gasteiger partial charge in [0.1, 0.15) is 22.8 Å². The molecule has 13 heteroatoms. The molecule has 0 aliphatic heterocycles. The molecule has 0 radical (unpaired) electrons. The third-order valence-corrected chi connectivity index (χ3v) is 9.09. The lowest BCUT2D eigenvalue weighted by atomic mass is 9.68. The molecular weight excluding hydrogens is 597 g/mol. The normalized spacial score (nSPS) is 12.7. The Bertz CT molecular complexity index is 1840. The van der Waals surface area contributed by atoms with Crippen LogP contribution >= 0.6 is 7.82 Å². The van der Waals surface area contributed by atoms with Gasteiger partial charge in [-0.25, -0.2) is 14.5 Å². The minimum Gasteiger partial charge on any atom is -0.508 e. The van der Waals surface area contributed by atoms with Crippen LogP contribution in [0.2, 0.25) is 0 Å². The molecular formula is C32H40N5O7P. The van der Waals surface area contributed by atoms with Gasteiger partial charge in [0, 0.05) is 22.8 Å². The zero-order valence-electron chi connectivity index (χ0n) is 26.3. The highest BCUT2D eigenvalue weighted by atomic mass is 31.2. The summed E-state index contributed by atoms with van der Waals surface area (Å²) >= 11 is 0. The van der Waals surface area contributed by atoms with Crippen molar-refractivity contribution in [2.45, 2.75) is 78.3 Å². The van der Waals surface area contributed by atoms with Crippen LogP contribution in [-0.2, 0) is 32.5 Å². The molecule has 2 aromatic heterocycles. The molecule has 45 heavy (non-hydrogen) atoms. The van der Waals surface area contributed by atoms with Crippen LogP contribution in [0.25, 0.3) is 21.9 Å². The number of aryl methyl sites for hydroxylation is 1. The van der Waals surface area contributed by atoms with E-state index >= 15 is 0 Å². The number of phenolic OH excluding ortho intramolecular Hbond substituents is 1. The molecule has 4 rings (SSSR count). The predicted molar refractivity (Wildman–Crippen MR) is 173 cm³/mol. The van der Waals surface area contributed by atoms with E-state index in [2.05, 4.69) is 11.9 Å². The number of nitrogens with zero attached hydrogens (tertiary/aromatic N) is 4. The molecule has 0 aliphatic rings. The smallest absolute Gasteiger partial charge is 0.508 e. The molecule has 0 spiro atoms. The summed E-state index contributed by atoms with van der Waals surface area (Å²) < 4.78 is 18.2. The number of hydrogen-bond donors (Lipinski definition) is 4. The molecule has 0 unspecified atom stereocenters. The van der Waals surface area contributed by atoms with E-state index in [1.807, 2.05) is 50.5 Å². The van der Waals surface area contributed by atoms with Crippen molar-refractivity contribution in [3.05, 3.63) is 65.5 Å². The molecule has 4 aromatic rings. The maximum atomic E-state index is 12.8. The number of anilines is 1. The number of aromatic nitrogens is 3. The highest BCUT2D eigenvalue weighted by Gasteiger charge is 2.45. The summed E-state index contributed by atoms with van der Waals surface area (Å²) in [7, 11) is -4.81. The highest BCUT2D eigenvalue weighted by Crippen LogP contribution is 2.42. The van der Waals surface area contributed by atoms with Crippen LogP contribution in [-0.4, -0.2) is 52.2 Å². The van der Waals surface area contributed by atoms with Crippen LogP contribution < -0.4 is 10.3 Å². The lowest BCUT2D eigenvalue weighted by molar-refractivity contribution is -0.142. The van der Waals surface area contributed by atoms with E-state index in [1.54, 1.807) is 13.0 Å². The van der Waals surface area contributed by atoms with Crippen molar-refractivity contribution in [2.75, 3.05) is 5.73 Å². The Morgan fingerprint density at radius 1 is 1.13 bits per heavy atom. The SMILES string of the molecule is C/C=C\C(=O)N(C=O)C(C)(C)C(C)(C)c1ccc2c(c1)nc(N)c1nc(CCCC)n(Cc3cc(OP(=O)(O)O)ccc3O)c12. The number of imidazole rings is 1. The third-order valence-electron chi connectivity index (χ3n) is 8.65. The van der Waals surface area contributed by atoms with E-state index in [4.69, 9.17) is 15.2 Å². The fourth-order valence-electron chi connectivity index (χ4n) is 5.43. The van der Waals surface area contributed by atoms with Gasteiger partial charge in [-0.1, -0.05) is 45.4 Å². The number of phosphoric ester groups is 1. The second kappa shape index (κ2) is 12.6. The van der Waals surface area contributed by atoms with E-state index < -0.39 is 24.7 Å². The number of phenols is 1. The maximum absolute atomic E-state index is 12.8. The zero-order valence-corrected chi connectivity index (χ0v) is 27.2. The summed E-state index contributed by atoms with van der Waals surface area (Å²) in [5.41, 5.74) is 7.78. The number of aromatic hydroxyl groups is 1. The van der Waals surface area contributed by atoms with Crippen molar-refractivity contribution < 1.29 is 33.6 Å². The van der Waals surface area contributed by atoms with E-state index in [0.717, 1.165) is 23.8 Å². The van der Waals surface area contributed by atoms with Gasteiger partial charge in [-0.2, -0.15) is 0 Å².